The first-order valence-electron chi connectivity index (χ1n) is 4.58. The molecule has 0 radical (unpaired) electrons. The molecule has 1 saturated heterocycles. The molecule has 1 aliphatic rings. The Hall–Kier alpha value is -0.570. The molecule has 1 aliphatic heterocycles. The molecule has 0 aromatic carbocycles. The molecule has 70 valence electrons. The summed E-state index contributed by atoms with van der Waals surface area (Å²) in [7, 11) is 0. The summed E-state index contributed by atoms with van der Waals surface area (Å²) < 4.78 is 5.50. The number of hydrogen-bond acceptors (Lipinski definition) is 2. The second kappa shape index (κ2) is 3.90. The zero-order valence-corrected chi connectivity index (χ0v) is 7.96. The van der Waals surface area contributed by atoms with Crippen molar-refractivity contribution in [3.63, 3.8) is 0 Å². The van der Waals surface area contributed by atoms with Crippen LogP contribution < -0.4 is 5.32 Å². The van der Waals surface area contributed by atoms with Crippen molar-refractivity contribution >= 4 is 5.91 Å². The van der Waals surface area contributed by atoms with Crippen LogP contribution in [0.3, 0.4) is 0 Å². The van der Waals surface area contributed by atoms with Crippen LogP contribution in [0.15, 0.2) is 0 Å². The Morgan fingerprint density at radius 1 is 1.58 bits per heavy atom. The van der Waals surface area contributed by atoms with Crippen molar-refractivity contribution in [1.29, 1.82) is 0 Å². The van der Waals surface area contributed by atoms with Crippen molar-refractivity contribution in [2.75, 3.05) is 0 Å². The van der Waals surface area contributed by atoms with E-state index in [0.717, 1.165) is 6.42 Å². The summed E-state index contributed by atoms with van der Waals surface area (Å²) in [6.07, 6.45) is 1.93. The maximum Gasteiger partial charge on any atom is 0.220 e. The van der Waals surface area contributed by atoms with Crippen LogP contribution in [0.2, 0.25) is 0 Å². The minimum atomic E-state index is 0.115. The second-order valence-corrected chi connectivity index (χ2v) is 3.42. The summed E-state index contributed by atoms with van der Waals surface area (Å²) in [5.74, 6) is 0.115. The lowest BCUT2D eigenvalue weighted by molar-refractivity contribution is -0.121. The average molecular weight is 171 g/mol. The van der Waals surface area contributed by atoms with Crippen molar-refractivity contribution in [1.82, 2.24) is 5.32 Å². The molecule has 12 heavy (non-hydrogen) atoms. The van der Waals surface area contributed by atoms with E-state index in [0.29, 0.717) is 6.42 Å². The highest BCUT2D eigenvalue weighted by Crippen LogP contribution is 2.19. The molecule has 0 bridgehead atoms. The monoisotopic (exact) mass is 171 g/mol. The lowest BCUT2D eigenvalue weighted by Gasteiger charge is -2.14. The number of carbonyl (C=O) groups is 1. The lowest BCUT2D eigenvalue weighted by atomic mass is 10.1. The minimum Gasteiger partial charge on any atom is -0.373 e. The third-order valence-electron chi connectivity index (χ3n) is 2.27. The summed E-state index contributed by atoms with van der Waals surface area (Å²) in [6.45, 7) is 5.90. The van der Waals surface area contributed by atoms with Crippen LogP contribution in [0.5, 0.6) is 0 Å². The van der Waals surface area contributed by atoms with E-state index in [1.54, 1.807) is 0 Å². The highest BCUT2D eigenvalue weighted by Gasteiger charge is 2.29. The Morgan fingerprint density at radius 3 is 2.67 bits per heavy atom. The summed E-state index contributed by atoms with van der Waals surface area (Å²) >= 11 is 0. The van der Waals surface area contributed by atoms with E-state index >= 15 is 0 Å². The number of hydrogen-bond donors (Lipinski definition) is 1. The smallest absolute Gasteiger partial charge is 0.220 e. The fourth-order valence-corrected chi connectivity index (χ4v) is 1.55. The van der Waals surface area contributed by atoms with Gasteiger partial charge in [0.25, 0.3) is 0 Å². The number of carbonyl (C=O) groups excluding carboxylic acids is 1. The molecule has 0 aromatic heterocycles. The quantitative estimate of drug-likeness (QED) is 0.675. The van der Waals surface area contributed by atoms with Crippen LogP contribution in [-0.2, 0) is 9.53 Å². The highest BCUT2D eigenvalue weighted by molar-refractivity contribution is 5.75. The third-order valence-corrected chi connectivity index (χ3v) is 2.27. The Bertz CT molecular complexity index is 170. The van der Waals surface area contributed by atoms with E-state index < -0.39 is 0 Å². The van der Waals surface area contributed by atoms with Gasteiger partial charge < -0.3 is 10.1 Å². The summed E-state index contributed by atoms with van der Waals surface area (Å²) in [4.78, 5) is 11.1. The molecule has 3 nitrogen and oxygen atoms in total. The Kier molecular flexibility index (Phi) is 3.09. The first-order valence-corrected chi connectivity index (χ1v) is 4.58. The highest BCUT2D eigenvalue weighted by atomic mass is 16.5. The summed E-state index contributed by atoms with van der Waals surface area (Å²) in [6, 6.07) is 0.215. The van der Waals surface area contributed by atoms with Crippen molar-refractivity contribution in [3.05, 3.63) is 0 Å². The van der Waals surface area contributed by atoms with Gasteiger partial charge in [-0.25, -0.2) is 0 Å². The van der Waals surface area contributed by atoms with Gasteiger partial charge in [0.1, 0.15) is 0 Å². The summed E-state index contributed by atoms with van der Waals surface area (Å²) in [5.41, 5.74) is 0. The van der Waals surface area contributed by atoms with Crippen LogP contribution >= 0.6 is 0 Å². The number of nitrogens with one attached hydrogen (secondary N) is 1. The molecule has 0 saturated carbocycles. The molecule has 3 unspecified atom stereocenters. The van der Waals surface area contributed by atoms with E-state index in [2.05, 4.69) is 5.32 Å². The van der Waals surface area contributed by atoms with Crippen LogP contribution in [0, 0.1) is 0 Å². The fraction of sp³-hybridized carbons (Fsp3) is 0.889. The van der Waals surface area contributed by atoms with Crippen molar-refractivity contribution < 1.29 is 9.53 Å². The lowest BCUT2D eigenvalue weighted by Crippen LogP contribution is -2.38. The van der Waals surface area contributed by atoms with Crippen LogP contribution in [-0.4, -0.2) is 24.2 Å². The second-order valence-electron chi connectivity index (χ2n) is 3.42. The van der Waals surface area contributed by atoms with Gasteiger partial charge in [-0.1, -0.05) is 6.92 Å². The van der Waals surface area contributed by atoms with E-state index in [4.69, 9.17) is 4.74 Å². The van der Waals surface area contributed by atoms with Gasteiger partial charge in [0.2, 0.25) is 5.91 Å². The summed E-state index contributed by atoms with van der Waals surface area (Å²) in [5, 5.41) is 2.94. The molecular formula is C9H17NO2. The molecule has 0 aromatic rings. The average Bonchev–Trinajstić information content (AvgIpc) is 2.30. The van der Waals surface area contributed by atoms with Gasteiger partial charge in [0.15, 0.2) is 0 Å². The molecule has 1 N–H and O–H groups in total. The van der Waals surface area contributed by atoms with Gasteiger partial charge in [-0.2, -0.15) is 0 Å². The number of amides is 1. The Labute approximate surface area is 73.5 Å². The zero-order chi connectivity index (χ0) is 9.14. The van der Waals surface area contributed by atoms with Gasteiger partial charge in [0, 0.05) is 6.42 Å². The molecule has 1 fully saturated rings. The topological polar surface area (TPSA) is 38.3 Å². The van der Waals surface area contributed by atoms with E-state index in [1.807, 2.05) is 20.8 Å². The largest absolute Gasteiger partial charge is 0.373 e. The molecule has 1 heterocycles. The molecule has 1 rings (SSSR count). The maximum absolute atomic E-state index is 11.1. The number of ether oxygens (including phenoxy) is 1. The van der Waals surface area contributed by atoms with E-state index in [-0.39, 0.29) is 24.2 Å². The van der Waals surface area contributed by atoms with E-state index in [1.165, 1.54) is 0 Å². The normalized spacial score (nSPS) is 35.1. The third kappa shape index (κ3) is 2.21. The molecule has 1 amide bonds. The van der Waals surface area contributed by atoms with Crippen molar-refractivity contribution in [3.8, 4) is 0 Å². The zero-order valence-electron chi connectivity index (χ0n) is 7.96. The van der Waals surface area contributed by atoms with Crippen LogP contribution in [0.1, 0.15) is 33.6 Å². The first kappa shape index (κ1) is 9.52. The molecular weight excluding hydrogens is 154 g/mol. The van der Waals surface area contributed by atoms with Crippen molar-refractivity contribution in [2.24, 2.45) is 0 Å². The molecule has 0 aliphatic carbocycles. The Balaban J connectivity index is 2.37. The maximum atomic E-state index is 11.1. The predicted octanol–water partition coefficient (Wildman–Crippen LogP) is 1.08. The van der Waals surface area contributed by atoms with Gasteiger partial charge in [0.05, 0.1) is 18.2 Å². The first-order chi connectivity index (χ1) is 5.63. The standard InChI is InChI=1S/C9H17NO2/c1-4-9(11)10-8-5-6(2)12-7(8)3/h6-8H,4-5H2,1-3H3,(H,10,11). The Morgan fingerprint density at radius 2 is 2.25 bits per heavy atom. The SMILES string of the molecule is CCC(=O)NC1CC(C)OC1C. The predicted molar refractivity (Wildman–Crippen MR) is 46.8 cm³/mol. The van der Waals surface area contributed by atoms with E-state index in [9.17, 15) is 4.79 Å². The minimum absolute atomic E-state index is 0.115. The van der Waals surface area contributed by atoms with Gasteiger partial charge in [-0.15, -0.1) is 0 Å². The number of rotatable bonds is 2. The molecule has 3 atom stereocenters. The van der Waals surface area contributed by atoms with Crippen LogP contribution in [0.4, 0.5) is 0 Å². The fourth-order valence-electron chi connectivity index (χ4n) is 1.55. The molecule has 3 heteroatoms. The van der Waals surface area contributed by atoms with Gasteiger partial charge >= 0.3 is 0 Å². The van der Waals surface area contributed by atoms with Crippen molar-refractivity contribution in [2.45, 2.75) is 51.9 Å². The molecule has 0 spiro atoms. The van der Waals surface area contributed by atoms with Crippen LogP contribution in [0.25, 0.3) is 0 Å². The van der Waals surface area contributed by atoms with Gasteiger partial charge in [-0.05, 0) is 20.3 Å². The van der Waals surface area contributed by atoms with Gasteiger partial charge in [-0.3, -0.25) is 4.79 Å².